The number of anilines is 1. The Balaban J connectivity index is 1.76. The molecule has 1 aromatic rings. The zero-order valence-corrected chi connectivity index (χ0v) is 12.0. The molecule has 5 heteroatoms. The van der Waals surface area contributed by atoms with Crippen LogP contribution >= 0.6 is 0 Å². The summed E-state index contributed by atoms with van der Waals surface area (Å²) in [5.74, 6) is -2.45. The minimum absolute atomic E-state index is 0.0730. The summed E-state index contributed by atoms with van der Waals surface area (Å²) in [6, 6.07) is 2.12. The van der Waals surface area contributed by atoms with Gasteiger partial charge in [0.15, 0.2) is 11.6 Å². The molecule has 2 fully saturated rings. The summed E-state index contributed by atoms with van der Waals surface area (Å²) in [6.07, 6.45) is 6.63. The number of halogens is 3. The molecule has 3 atom stereocenters. The third kappa shape index (κ3) is 3.18. The predicted molar refractivity (Wildman–Crippen MR) is 76.7 cm³/mol. The molecule has 2 nitrogen and oxygen atoms in total. The molecule has 1 heterocycles. The van der Waals surface area contributed by atoms with Crippen molar-refractivity contribution in [1.82, 2.24) is 5.32 Å². The van der Waals surface area contributed by atoms with Gasteiger partial charge in [-0.3, -0.25) is 0 Å². The van der Waals surface area contributed by atoms with Crippen molar-refractivity contribution < 1.29 is 13.2 Å². The first-order chi connectivity index (χ1) is 10.1. The van der Waals surface area contributed by atoms with Crippen LogP contribution in [0.5, 0.6) is 0 Å². The number of rotatable bonds is 3. The molecule has 116 valence electrons. The summed E-state index contributed by atoms with van der Waals surface area (Å²) < 4.78 is 40.1. The van der Waals surface area contributed by atoms with Gasteiger partial charge in [0.05, 0.1) is 5.69 Å². The standard InChI is InChI=1S/C16H21F3N2/c17-11-8-13(19)16(9-12(11)18)21-15-5-2-1-4-10(15)14-6-3-7-20-14/h8-10,14-15,20-21H,1-7H2. The highest BCUT2D eigenvalue weighted by molar-refractivity contribution is 5.46. The lowest BCUT2D eigenvalue weighted by atomic mass is 9.79. The van der Waals surface area contributed by atoms with Gasteiger partial charge in [0.2, 0.25) is 0 Å². The van der Waals surface area contributed by atoms with Crippen molar-refractivity contribution in [3.8, 4) is 0 Å². The molecule has 0 radical (unpaired) electrons. The number of benzene rings is 1. The normalized spacial score (nSPS) is 29.6. The van der Waals surface area contributed by atoms with Gasteiger partial charge in [0, 0.05) is 24.2 Å². The van der Waals surface area contributed by atoms with E-state index in [9.17, 15) is 13.2 Å². The average Bonchev–Trinajstić information content (AvgIpc) is 2.99. The Morgan fingerprint density at radius 2 is 1.67 bits per heavy atom. The molecule has 21 heavy (non-hydrogen) atoms. The van der Waals surface area contributed by atoms with Crippen LogP contribution in [-0.2, 0) is 0 Å². The second kappa shape index (κ2) is 6.26. The van der Waals surface area contributed by atoms with E-state index in [0.717, 1.165) is 38.3 Å². The van der Waals surface area contributed by atoms with Crippen LogP contribution in [0.2, 0.25) is 0 Å². The van der Waals surface area contributed by atoms with E-state index in [2.05, 4.69) is 10.6 Å². The molecule has 2 aliphatic rings. The molecule has 0 amide bonds. The molecule has 1 aromatic carbocycles. The van der Waals surface area contributed by atoms with E-state index >= 15 is 0 Å². The molecule has 0 bridgehead atoms. The van der Waals surface area contributed by atoms with Crippen LogP contribution in [0.25, 0.3) is 0 Å². The van der Waals surface area contributed by atoms with Crippen LogP contribution in [-0.4, -0.2) is 18.6 Å². The Labute approximate surface area is 123 Å². The minimum Gasteiger partial charge on any atom is -0.380 e. The number of hydrogen-bond donors (Lipinski definition) is 2. The van der Waals surface area contributed by atoms with Crippen LogP contribution in [0, 0.1) is 23.4 Å². The number of hydrogen-bond acceptors (Lipinski definition) is 2. The lowest BCUT2D eigenvalue weighted by molar-refractivity contribution is 0.262. The van der Waals surface area contributed by atoms with E-state index < -0.39 is 17.5 Å². The first-order valence-corrected chi connectivity index (χ1v) is 7.79. The Hall–Kier alpha value is -1.23. The molecule has 2 N–H and O–H groups in total. The second-order valence-electron chi connectivity index (χ2n) is 6.15. The van der Waals surface area contributed by atoms with Gasteiger partial charge in [-0.2, -0.15) is 0 Å². The van der Waals surface area contributed by atoms with Crippen molar-refractivity contribution in [1.29, 1.82) is 0 Å². The Kier molecular flexibility index (Phi) is 4.38. The van der Waals surface area contributed by atoms with E-state index in [1.54, 1.807) is 0 Å². The average molecular weight is 298 g/mol. The molecular formula is C16H21F3N2. The maximum Gasteiger partial charge on any atom is 0.161 e. The molecule has 1 saturated heterocycles. The molecule has 1 aliphatic carbocycles. The fourth-order valence-electron chi connectivity index (χ4n) is 3.73. The molecule has 0 aromatic heterocycles. The van der Waals surface area contributed by atoms with E-state index in [-0.39, 0.29) is 11.7 Å². The monoisotopic (exact) mass is 298 g/mol. The van der Waals surface area contributed by atoms with Crippen molar-refractivity contribution in [2.75, 3.05) is 11.9 Å². The fourth-order valence-corrected chi connectivity index (χ4v) is 3.73. The summed E-state index contributed by atoms with van der Waals surface area (Å²) in [5, 5.41) is 6.63. The third-order valence-electron chi connectivity index (χ3n) is 4.79. The highest BCUT2D eigenvalue weighted by Crippen LogP contribution is 2.33. The maximum absolute atomic E-state index is 13.8. The highest BCUT2D eigenvalue weighted by atomic mass is 19.2. The summed E-state index contributed by atoms with van der Waals surface area (Å²) in [5.41, 5.74) is 0.0730. The van der Waals surface area contributed by atoms with E-state index in [1.807, 2.05) is 0 Å². The van der Waals surface area contributed by atoms with Gasteiger partial charge in [0.1, 0.15) is 5.82 Å². The van der Waals surface area contributed by atoms with Crippen LogP contribution in [0.15, 0.2) is 12.1 Å². The Morgan fingerprint density at radius 1 is 0.905 bits per heavy atom. The third-order valence-corrected chi connectivity index (χ3v) is 4.79. The zero-order chi connectivity index (χ0) is 14.8. The van der Waals surface area contributed by atoms with Gasteiger partial charge in [-0.25, -0.2) is 13.2 Å². The van der Waals surface area contributed by atoms with Crippen LogP contribution in [0.1, 0.15) is 38.5 Å². The minimum atomic E-state index is -1.14. The van der Waals surface area contributed by atoms with E-state index in [1.165, 1.54) is 12.8 Å². The van der Waals surface area contributed by atoms with Gasteiger partial charge in [-0.05, 0) is 38.1 Å². The van der Waals surface area contributed by atoms with Crippen molar-refractivity contribution in [2.24, 2.45) is 5.92 Å². The first-order valence-electron chi connectivity index (χ1n) is 7.79. The molecule has 3 unspecified atom stereocenters. The zero-order valence-electron chi connectivity index (χ0n) is 12.0. The molecule has 3 rings (SSSR count). The van der Waals surface area contributed by atoms with Crippen LogP contribution in [0.4, 0.5) is 18.9 Å². The van der Waals surface area contributed by atoms with E-state index in [0.29, 0.717) is 18.0 Å². The van der Waals surface area contributed by atoms with Crippen molar-refractivity contribution in [2.45, 2.75) is 50.6 Å². The van der Waals surface area contributed by atoms with Gasteiger partial charge in [0.25, 0.3) is 0 Å². The van der Waals surface area contributed by atoms with Gasteiger partial charge < -0.3 is 10.6 Å². The lowest BCUT2D eigenvalue weighted by Crippen LogP contribution is -2.43. The Bertz CT molecular complexity index is 501. The van der Waals surface area contributed by atoms with Gasteiger partial charge >= 0.3 is 0 Å². The summed E-state index contributed by atoms with van der Waals surface area (Å²) in [6.45, 7) is 1.04. The second-order valence-corrected chi connectivity index (χ2v) is 6.15. The van der Waals surface area contributed by atoms with Crippen LogP contribution in [0.3, 0.4) is 0 Å². The summed E-state index contributed by atoms with van der Waals surface area (Å²) in [4.78, 5) is 0. The van der Waals surface area contributed by atoms with E-state index in [4.69, 9.17) is 0 Å². The van der Waals surface area contributed by atoms with Crippen molar-refractivity contribution in [3.05, 3.63) is 29.6 Å². The summed E-state index contributed by atoms with van der Waals surface area (Å²) >= 11 is 0. The predicted octanol–water partition coefficient (Wildman–Crippen LogP) is 3.83. The van der Waals surface area contributed by atoms with Crippen molar-refractivity contribution in [3.63, 3.8) is 0 Å². The summed E-state index contributed by atoms with van der Waals surface area (Å²) in [7, 11) is 0. The fraction of sp³-hybridized carbons (Fsp3) is 0.625. The topological polar surface area (TPSA) is 24.1 Å². The molecular weight excluding hydrogens is 277 g/mol. The number of nitrogens with one attached hydrogen (secondary N) is 2. The van der Waals surface area contributed by atoms with Gasteiger partial charge in [-0.1, -0.05) is 12.8 Å². The van der Waals surface area contributed by atoms with Crippen LogP contribution < -0.4 is 10.6 Å². The maximum atomic E-state index is 13.8. The smallest absolute Gasteiger partial charge is 0.161 e. The highest BCUT2D eigenvalue weighted by Gasteiger charge is 2.33. The largest absolute Gasteiger partial charge is 0.380 e. The lowest BCUT2D eigenvalue weighted by Gasteiger charge is -2.36. The first kappa shape index (κ1) is 14.7. The molecule has 0 spiro atoms. The van der Waals surface area contributed by atoms with Gasteiger partial charge in [-0.15, -0.1) is 0 Å². The molecule has 1 saturated carbocycles. The SMILES string of the molecule is Fc1cc(F)c(NC2CCCCC2C2CCCN2)cc1F. The quantitative estimate of drug-likeness (QED) is 0.829. The van der Waals surface area contributed by atoms with Crippen molar-refractivity contribution >= 4 is 5.69 Å². The Morgan fingerprint density at radius 3 is 2.43 bits per heavy atom. The molecule has 1 aliphatic heterocycles.